The Bertz CT molecular complexity index is 4340. The van der Waals surface area contributed by atoms with Crippen molar-refractivity contribution in [2.75, 3.05) is 52.9 Å². The monoisotopic (exact) mass is 1330 g/mol. The van der Waals surface area contributed by atoms with Crippen molar-refractivity contribution in [3.05, 3.63) is 213 Å². The first-order valence-electron chi connectivity index (χ1n) is 29.8. The summed E-state index contributed by atoms with van der Waals surface area (Å²) in [7, 11) is 3.98. The first kappa shape index (κ1) is 69.3. The van der Waals surface area contributed by atoms with Gasteiger partial charge in [-0.25, -0.2) is 24.0 Å². The van der Waals surface area contributed by atoms with Crippen molar-refractivity contribution in [2.45, 2.75) is 62.9 Å². The summed E-state index contributed by atoms with van der Waals surface area (Å²) in [6, 6.07) is 40.2. The number of methoxy groups -OCH3 is 3. The minimum Gasteiger partial charge on any atom is -0.468 e. The normalized spacial score (nSPS) is 17.2. The molecule has 490 valence electrons. The average Bonchev–Trinajstić information content (AvgIpc) is 1.52. The first-order valence-corrected chi connectivity index (χ1v) is 30.8. The van der Waals surface area contributed by atoms with Crippen LogP contribution in [-0.4, -0.2) is 143 Å². The van der Waals surface area contributed by atoms with Crippen molar-refractivity contribution in [1.82, 2.24) is 30.1 Å². The Morgan fingerprint density at radius 1 is 0.448 bits per heavy atom. The van der Waals surface area contributed by atoms with E-state index >= 15 is 0 Å². The van der Waals surface area contributed by atoms with E-state index in [2.05, 4.69) is 38.0 Å². The maximum Gasteiger partial charge on any atom is 0.339 e. The lowest BCUT2D eigenvalue weighted by Gasteiger charge is -2.40. The summed E-state index contributed by atoms with van der Waals surface area (Å²) in [6.45, 7) is -0.315. The van der Waals surface area contributed by atoms with Crippen molar-refractivity contribution in [1.29, 1.82) is 0 Å². The number of carbonyl (C=O) groups excluding carboxylic acids is 8. The molecule has 3 aliphatic heterocycles. The van der Waals surface area contributed by atoms with Crippen LogP contribution in [0.15, 0.2) is 146 Å². The summed E-state index contributed by atoms with van der Waals surface area (Å²) in [4.78, 5) is 113. The van der Waals surface area contributed by atoms with E-state index in [1.165, 1.54) is 31.1 Å². The predicted molar refractivity (Wildman–Crippen MR) is 361 cm³/mol. The predicted octanol–water partition coefficient (Wildman–Crippen LogP) is 9.80. The van der Waals surface area contributed by atoms with E-state index < -0.39 is 71.9 Å². The summed E-state index contributed by atoms with van der Waals surface area (Å²) in [6.07, 6.45) is 16.5. The number of halogens is 2. The Kier molecular flexibility index (Phi) is 22.5. The quantitative estimate of drug-likeness (QED) is 0.0342. The van der Waals surface area contributed by atoms with E-state index in [0.717, 1.165) is 72.0 Å². The minimum absolute atomic E-state index is 0. The molecule has 0 unspecified atom stereocenters. The number of H-pyrrole nitrogens is 3. The number of amides is 2. The first-order chi connectivity index (χ1) is 46.1. The molecule has 6 atom stereocenters. The number of fused-ring (bicyclic) bond motifs is 9. The number of aromatic nitrogens is 3. The summed E-state index contributed by atoms with van der Waals surface area (Å²) in [5, 5.41) is 6.41. The van der Waals surface area contributed by atoms with Crippen molar-refractivity contribution in [3.63, 3.8) is 0 Å². The van der Waals surface area contributed by atoms with E-state index in [-0.39, 0.29) is 51.0 Å². The smallest absolute Gasteiger partial charge is 0.339 e. The van der Waals surface area contributed by atoms with Gasteiger partial charge in [0.15, 0.2) is 19.8 Å². The standard InChI is InChI=1S/2C25H21ClN2O5.C23H20N2O4.CH4/c2*1-3-12-33-24(30)16-10-8-15(9-11-16)23-22-18(17-6-4-5-7-19(17)27-22)13-20(25(31)32-2)28(23)21(29)14-26;1-3-12-29-22(26)15-10-8-14(9-11-15)20-21-17(13-19(25-20)23(27)28-2)16-6-4-5-7-18(16)24-21;/h2*1,4-11,20,23,27H,12-14H2,2H3;1,4-11,19-20,24-25H,12-13H2,2H3;1H4/t20-,23+;20-,23-;19-,20-;/m111./s1. The van der Waals surface area contributed by atoms with Crippen LogP contribution < -0.4 is 5.32 Å². The fourth-order valence-electron chi connectivity index (χ4n) is 12.4. The van der Waals surface area contributed by atoms with Crippen LogP contribution in [0.4, 0.5) is 0 Å². The van der Waals surface area contributed by atoms with E-state index in [9.17, 15) is 38.4 Å². The summed E-state index contributed by atoms with van der Waals surface area (Å²) < 4.78 is 29.9. The highest BCUT2D eigenvalue weighted by molar-refractivity contribution is 6.28. The number of hydrogen-bond acceptors (Lipinski definition) is 15. The van der Waals surface area contributed by atoms with Crippen LogP contribution in [0.3, 0.4) is 0 Å². The summed E-state index contributed by atoms with van der Waals surface area (Å²) in [5.74, 6) is 2.47. The van der Waals surface area contributed by atoms with Gasteiger partial charge in [-0.2, -0.15) is 0 Å². The SMILES string of the molecule is C.C#CCOC(=O)c1ccc([C@@H]2c3[nH]c4ccccc4c3C[C@H](C(=O)OC)N2C(=O)CCl)cc1.C#CCOC(=O)c1ccc([C@H]2N[C@@H](C(=O)OC)Cc3c2[nH]c2ccccc32)cc1.C#CCOC(=O)c1ccc([C@H]2c3[nH]c4ccccc4c3C[C@H](C(=O)OC)N2C(=O)CCl)cc1. The fraction of sp³-hybridized carbons (Fsp3) is 0.243. The molecule has 20 nitrogen and oxygen atoms in total. The van der Waals surface area contributed by atoms with Gasteiger partial charge in [-0.3, -0.25) is 19.7 Å². The molecule has 0 fully saturated rings. The van der Waals surface area contributed by atoms with Gasteiger partial charge >= 0.3 is 35.8 Å². The molecule has 6 aromatic carbocycles. The zero-order valence-corrected chi connectivity index (χ0v) is 53.1. The largest absolute Gasteiger partial charge is 0.468 e. The number of alkyl halides is 2. The van der Waals surface area contributed by atoms with Gasteiger partial charge < -0.3 is 53.2 Å². The maximum absolute atomic E-state index is 13.0. The highest BCUT2D eigenvalue weighted by atomic mass is 35.5. The van der Waals surface area contributed by atoms with Crippen LogP contribution in [-0.2, 0) is 71.7 Å². The Balaban J connectivity index is 0.000000169. The Hall–Kier alpha value is -11.1. The van der Waals surface area contributed by atoms with Crippen LogP contribution >= 0.6 is 23.2 Å². The van der Waals surface area contributed by atoms with Crippen LogP contribution in [0.25, 0.3) is 32.7 Å². The molecule has 0 radical (unpaired) electrons. The second-order valence-electron chi connectivity index (χ2n) is 21.9. The average molecular weight is 1330 g/mol. The van der Waals surface area contributed by atoms with Crippen LogP contribution in [0.5, 0.6) is 0 Å². The maximum atomic E-state index is 13.0. The molecule has 96 heavy (non-hydrogen) atoms. The molecule has 12 rings (SSSR count). The number of esters is 6. The second kappa shape index (κ2) is 31.2. The van der Waals surface area contributed by atoms with Crippen molar-refractivity contribution < 1.29 is 66.8 Å². The van der Waals surface area contributed by atoms with Crippen LogP contribution in [0.2, 0.25) is 0 Å². The van der Waals surface area contributed by atoms with Gasteiger partial charge in [-0.05, 0) is 88.0 Å². The molecule has 22 heteroatoms. The number of terminal acetylenes is 3. The van der Waals surface area contributed by atoms with Gasteiger partial charge in [0.25, 0.3) is 0 Å². The van der Waals surface area contributed by atoms with Gasteiger partial charge in [0, 0.05) is 69.1 Å². The number of nitrogens with zero attached hydrogens (tertiary/aromatic N) is 2. The van der Waals surface area contributed by atoms with E-state index in [1.54, 1.807) is 60.7 Å². The Morgan fingerprint density at radius 3 is 1.10 bits per heavy atom. The van der Waals surface area contributed by atoms with Gasteiger partial charge in [0.1, 0.15) is 29.9 Å². The molecule has 9 aromatic rings. The fourth-order valence-corrected chi connectivity index (χ4v) is 12.7. The highest BCUT2D eigenvalue weighted by Gasteiger charge is 2.46. The number of carbonyl (C=O) groups is 8. The third kappa shape index (κ3) is 14.2. The third-order valence-electron chi connectivity index (χ3n) is 16.7. The minimum atomic E-state index is -0.849. The summed E-state index contributed by atoms with van der Waals surface area (Å²) in [5.41, 5.74) is 11.7. The Labute approximate surface area is 563 Å². The summed E-state index contributed by atoms with van der Waals surface area (Å²) >= 11 is 11.9. The number of rotatable bonds is 14. The van der Waals surface area contributed by atoms with Crippen molar-refractivity contribution in [2.24, 2.45) is 0 Å². The van der Waals surface area contributed by atoms with Gasteiger partial charge in [0.05, 0.1) is 56.1 Å². The molecule has 6 heterocycles. The van der Waals surface area contributed by atoms with Gasteiger partial charge in [-0.15, -0.1) is 42.5 Å². The second-order valence-corrected chi connectivity index (χ2v) is 22.5. The molecular weight excluding hydrogens is 1270 g/mol. The number of hydrogen-bond donors (Lipinski definition) is 4. The number of benzene rings is 6. The molecule has 2 amide bonds. The van der Waals surface area contributed by atoms with Crippen molar-refractivity contribution >= 4 is 104 Å². The molecule has 0 aliphatic carbocycles. The van der Waals surface area contributed by atoms with E-state index in [4.69, 9.17) is 70.9 Å². The van der Waals surface area contributed by atoms with Gasteiger partial charge in [0.2, 0.25) is 11.8 Å². The molecule has 0 saturated carbocycles. The highest BCUT2D eigenvalue weighted by Crippen LogP contribution is 2.44. The number of ether oxygens (including phenoxy) is 6. The molecule has 0 spiro atoms. The molecule has 0 bridgehead atoms. The third-order valence-corrected chi connectivity index (χ3v) is 17.1. The number of para-hydroxylation sites is 3. The lowest BCUT2D eigenvalue weighted by atomic mass is 9.87. The van der Waals surface area contributed by atoms with E-state index in [0.29, 0.717) is 47.1 Å². The molecule has 3 aromatic heterocycles. The lowest BCUT2D eigenvalue weighted by Crippen LogP contribution is -2.52. The molecule has 0 saturated heterocycles. The van der Waals surface area contributed by atoms with Crippen molar-refractivity contribution in [3.8, 4) is 37.0 Å². The molecule has 3 aliphatic rings. The molecule has 4 N–H and O–H groups in total. The zero-order valence-electron chi connectivity index (χ0n) is 51.6. The zero-order chi connectivity index (χ0) is 67.4. The number of aromatic amines is 3. The number of nitrogens with one attached hydrogen (secondary N) is 4. The lowest BCUT2D eigenvalue weighted by molar-refractivity contribution is -0.154. The van der Waals surface area contributed by atoms with E-state index in [1.807, 2.05) is 84.9 Å². The topological polar surface area (TPSA) is 258 Å². The Morgan fingerprint density at radius 2 is 0.771 bits per heavy atom. The van der Waals surface area contributed by atoms with Gasteiger partial charge in [-0.1, -0.05) is 116 Å². The molecular formula is C74H66Cl2N6O14. The van der Waals surface area contributed by atoms with Crippen LogP contribution in [0.1, 0.15) is 107 Å². The van der Waals surface area contributed by atoms with Crippen LogP contribution in [0, 0.1) is 37.0 Å².